The fourth-order valence-corrected chi connectivity index (χ4v) is 4.79. The topological polar surface area (TPSA) is 70.5 Å². The number of hydrogen-bond acceptors (Lipinski definition) is 5. The van der Waals surface area contributed by atoms with Gasteiger partial charge in [0, 0.05) is 45.0 Å². The van der Waals surface area contributed by atoms with Crippen LogP contribution in [0.15, 0.2) is 47.3 Å². The van der Waals surface area contributed by atoms with Crippen LogP contribution in [0.5, 0.6) is 0 Å². The Bertz CT molecular complexity index is 1300. The van der Waals surface area contributed by atoms with Crippen molar-refractivity contribution in [1.29, 1.82) is 0 Å². The maximum Gasteiger partial charge on any atom is 0.261 e. The molecule has 7 heteroatoms. The van der Waals surface area contributed by atoms with Gasteiger partial charge in [0.05, 0.1) is 10.9 Å². The average Bonchev–Trinajstić information content (AvgIpc) is 3.49. The number of carbonyl (C=O) groups is 1. The normalized spacial score (nSPS) is 16.8. The number of aromatic nitrogens is 2. The largest absolute Gasteiger partial charge is 0.378 e. The van der Waals surface area contributed by atoms with Crippen molar-refractivity contribution in [2.45, 2.75) is 32.2 Å². The monoisotopic (exact) mass is 457 g/mol. The highest BCUT2D eigenvalue weighted by Gasteiger charge is 2.21. The summed E-state index contributed by atoms with van der Waals surface area (Å²) in [7, 11) is 4.04. The molecule has 176 valence electrons. The summed E-state index contributed by atoms with van der Waals surface area (Å²) in [5.74, 6) is 0.711. The molecule has 3 heterocycles. The molecule has 5 rings (SSSR count). The minimum Gasteiger partial charge on any atom is -0.378 e. The molecular weight excluding hydrogens is 426 g/mol. The summed E-state index contributed by atoms with van der Waals surface area (Å²) in [6.07, 6.45) is 5.78. The molecule has 0 bridgehead atoms. The zero-order valence-corrected chi connectivity index (χ0v) is 19.9. The van der Waals surface area contributed by atoms with E-state index in [0.29, 0.717) is 29.6 Å². The van der Waals surface area contributed by atoms with Crippen LogP contribution < -0.4 is 15.8 Å². The summed E-state index contributed by atoms with van der Waals surface area (Å²) in [4.78, 5) is 34.9. The number of anilines is 2. The third kappa shape index (κ3) is 4.61. The van der Waals surface area contributed by atoms with Gasteiger partial charge in [-0.15, -0.1) is 0 Å². The second-order valence-corrected chi connectivity index (χ2v) is 9.38. The van der Waals surface area contributed by atoms with Gasteiger partial charge in [-0.2, -0.15) is 0 Å². The fraction of sp³-hybridized carbons (Fsp3) is 0.370. The van der Waals surface area contributed by atoms with Crippen LogP contribution in [-0.2, 0) is 11.3 Å². The van der Waals surface area contributed by atoms with Gasteiger partial charge in [0.25, 0.3) is 5.56 Å². The molecule has 1 saturated heterocycles. The Balaban J connectivity index is 1.36. The first-order chi connectivity index (χ1) is 16.5. The van der Waals surface area contributed by atoms with Crippen molar-refractivity contribution in [2.75, 3.05) is 43.9 Å². The van der Waals surface area contributed by atoms with E-state index >= 15 is 0 Å². The van der Waals surface area contributed by atoms with E-state index in [1.165, 1.54) is 12.8 Å². The first kappa shape index (κ1) is 22.3. The molecule has 7 nitrogen and oxygen atoms in total. The molecule has 1 aromatic heterocycles. The Kier molecular flexibility index (Phi) is 6.20. The molecule has 1 amide bonds. The van der Waals surface area contributed by atoms with Crippen molar-refractivity contribution in [3.05, 3.63) is 64.2 Å². The smallest absolute Gasteiger partial charge is 0.261 e. The number of benzene rings is 2. The molecule has 34 heavy (non-hydrogen) atoms. The van der Waals surface area contributed by atoms with Crippen LogP contribution in [0.25, 0.3) is 22.6 Å². The summed E-state index contributed by atoms with van der Waals surface area (Å²) >= 11 is 0. The molecule has 0 atom stereocenters. The number of nitrogens with one attached hydrogen (secondary N) is 1. The van der Waals surface area contributed by atoms with Gasteiger partial charge in [-0.05, 0) is 79.9 Å². The van der Waals surface area contributed by atoms with E-state index in [0.717, 1.165) is 48.7 Å². The average molecular weight is 458 g/mol. The molecule has 2 aromatic carbocycles. The lowest BCUT2D eigenvalue weighted by Crippen LogP contribution is -2.25. The van der Waals surface area contributed by atoms with Crippen LogP contribution in [-0.4, -0.2) is 54.1 Å². The maximum atomic E-state index is 13.2. The summed E-state index contributed by atoms with van der Waals surface area (Å²) in [6.45, 7) is 3.55. The third-order valence-corrected chi connectivity index (χ3v) is 6.73. The Labute approximate surface area is 199 Å². The summed E-state index contributed by atoms with van der Waals surface area (Å²) in [5, 5.41) is 3.49. The second-order valence-electron chi connectivity index (χ2n) is 9.38. The highest BCUT2D eigenvalue weighted by atomic mass is 16.1. The van der Waals surface area contributed by atoms with E-state index in [-0.39, 0.29) is 11.5 Å². The minimum absolute atomic E-state index is 0.0222. The lowest BCUT2D eigenvalue weighted by Gasteiger charge is -2.14. The predicted octanol–water partition coefficient (Wildman–Crippen LogP) is 3.83. The summed E-state index contributed by atoms with van der Waals surface area (Å²) in [6, 6.07) is 13.8. The van der Waals surface area contributed by atoms with Gasteiger partial charge in [-0.25, -0.2) is 4.98 Å². The van der Waals surface area contributed by atoms with Crippen molar-refractivity contribution in [3.8, 4) is 0 Å². The number of nitrogens with zero attached hydrogens (tertiary/aromatic N) is 4. The van der Waals surface area contributed by atoms with Crippen molar-refractivity contribution in [3.63, 3.8) is 0 Å². The lowest BCUT2D eigenvalue weighted by molar-refractivity contribution is -0.116. The maximum absolute atomic E-state index is 13.2. The van der Waals surface area contributed by atoms with Crippen molar-refractivity contribution in [1.82, 2.24) is 14.5 Å². The van der Waals surface area contributed by atoms with Crippen LogP contribution in [0.3, 0.4) is 0 Å². The third-order valence-electron chi connectivity index (χ3n) is 6.73. The fourth-order valence-electron chi connectivity index (χ4n) is 4.79. The molecule has 2 aliphatic rings. The predicted molar refractivity (Wildman–Crippen MR) is 138 cm³/mol. The molecule has 0 radical (unpaired) electrons. The first-order valence-corrected chi connectivity index (χ1v) is 12.0. The van der Waals surface area contributed by atoms with Gasteiger partial charge in [-0.1, -0.05) is 12.1 Å². The van der Waals surface area contributed by atoms with E-state index in [9.17, 15) is 9.59 Å². The minimum atomic E-state index is -0.0560. The van der Waals surface area contributed by atoms with E-state index in [4.69, 9.17) is 4.98 Å². The summed E-state index contributed by atoms with van der Waals surface area (Å²) in [5.41, 5.74) is 4.55. The highest BCUT2D eigenvalue weighted by molar-refractivity contribution is 5.94. The van der Waals surface area contributed by atoms with Crippen LogP contribution in [0.4, 0.5) is 11.4 Å². The van der Waals surface area contributed by atoms with Gasteiger partial charge in [0.15, 0.2) is 0 Å². The first-order valence-electron chi connectivity index (χ1n) is 12.0. The second kappa shape index (κ2) is 9.43. The zero-order valence-electron chi connectivity index (χ0n) is 19.9. The molecule has 0 saturated carbocycles. The van der Waals surface area contributed by atoms with Crippen molar-refractivity contribution in [2.24, 2.45) is 0 Å². The highest BCUT2D eigenvalue weighted by Crippen LogP contribution is 2.28. The number of rotatable bonds is 6. The summed E-state index contributed by atoms with van der Waals surface area (Å²) < 4.78 is 1.75. The zero-order chi connectivity index (χ0) is 23.7. The Morgan fingerprint density at radius 3 is 2.59 bits per heavy atom. The Hall–Kier alpha value is -3.45. The van der Waals surface area contributed by atoms with Gasteiger partial charge < -0.3 is 15.1 Å². The van der Waals surface area contributed by atoms with Gasteiger partial charge >= 0.3 is 0 Å². The van der Waals surface area contributed by atoms with Gasteiger partial charge in [-0.3, -0.25) is 14.2 Å². The van der Waals surface area contributed by atoms with E-state index < -0.39 is 0 Å². The van der Waals surface area contributed by atoms with E-state index in [1.54, 1.807) is 10.6 Å². The number of carbonyl (C=O) groups excluding carboxylic acids is 1. The molecular formula is C27H31N5O2. The van der Waals surface area contributed by atoms with E-state index in [1.807, 2.05) is 26.2 Å². The van der Waals surface area contributed by atoms with Crippen molar-refractivity contribution >= 4 is 39.8 Å². The van der Waals surface area contributed by atoms with E-state index in [2.05, 4.69) is 45.5 Å². The van der Waals surface area contributed by atoms with Gasteiger partial charge in [0.1, 0.15) is 5.82 Å². The Morgan fingerprint density at radius 2 is 1.85 bits per heavy atom. The molecule has 3 aromatic rings. The number of amides is 1. The van der Waals surface area contributed by atoms with Crippen molar-refractivity contribution < 1.29 is 4.79 Å². The van der Waals surface area contributed by atoms with Gasteiger partial charge in [0.2, 0.25) is 5.91 Å². The number of likely N-dealkylation sites (tertiary alicyclic amines) is 1. The Morgan fingerprint density at radius 1 is 1.09 bits per heavy atom. The molecule has 0 spiro atoms. The number of allylic oxidation sites excluding steroid dienone is 1. The van der Waals surface area contributed by atoms with Crippen LogP contribution >= 0.6 is 0 Å². The standard InChI is InChI=1S/C27H31N5O2/c1-30(2)22-8-5-19(6-9-22)17-20-11-16-32-26(20)29-24-10-7-21(18-23(24)27(32)34)28-25(33)12-15-31-13-3-4-14-31/h5-10,17-18H,3-4,11-16H2,1-2H3,(H,28,33)/b20-17+. The van der Waals surface area contributed by atoms with Crippen LogP contribution in [0, 0.1) is 0 Å². The molecule has 2 aliphatic heterocycles. The number of hydrogen-bond donors (Lipinski definition) is 1. The van der Waals surface area contributed by atoms with Crippen LogP contribution in [0.2, 0.25) is 0 Å². The molecule has 0 aliphatic carbocycles. The molecule has 1 N–H and O–H groups in total. The molecule has 1 fully saturated rings. The lowest BCUT2D eigenvalue weighted by atomic mass is 10.1. The molecule has 0 unspecified atom stereocenters. The quantitative estimate of drug-likeness (QED) is 0.609. The number of fused-ring (bicyclic) bond motifs is 2. The van der Waals surface area contributed by atoms with Crippen LogP contribution in [0.1, 0.15) is 37.1 Å². The SMILES string of the molecule is CN(C)c1ccc(/C=C2\CCn3c2nc2ccc(NC(=O)CCN4CCCC4)cc2c3=O)cc1.